The Morgan fingerprint density at radius 3 is 2.46 bits per heavy atom. The first-order valence-corrected chi connectivity index (χ1v) is 13.3. The van der Waals surface area contributed by atoms with Crippen LogP contribution < -0.4 is 11.0 Å². The van der Waals surface area contributed by atoms with Crippen LogP contribution in [0.5, 0.6) is 0 Å². The Hall–Kier alpha value is -3.59. The third kappa shape index (κ3) is 5.00. The van der Waals surface area contributed by atoms with Gasteiger partial charge in [-0.15, -0.1) is 0 Å². The largest absolute Gasteiger partial charge is 0.369 e. The summed E-state index contributed by atoms with van der Waals surface area (Å²) in [7, 11) is 0. The number of urea groups is 1. The summed E-state index contributed by atoms with van der Waals surface area (Å²) in [6.07, 6.45) is 3.43. The lowest BCUT2D eigenvalue weighted by Crippen LogP contribution is -2.54. The maximum Gasteiger partial charge on any atom is 0.326 e. The fourth-order valence-corrected chi connectivity index (χ4v) is 5.60. The first kappa shape index (κ1) is 23.8. The van der Waals surface area contributed by atoms with Gasteiger partial charge in [-0.25, -0.2) is 9.59 Å². The second-order valence-electron chi connectivity index (χ2n) is 10.5. The van der Waals surface area contributed by atoms with Gasteiger partial charge in [0.25, 0.3) is 0 Å². The lowest BCUT2D eigenvalue weighted by Gasteiger charge is -2.33. The average molecular weight is 504 g/mol. The Balaban J connectivity index is 1.11. The van der Waals surface area contributed by atoms with Gasteiger partial charge in [0.05, 0.1) is 24.2 Å². The standard InChI is InChI=1S/C28H33N5O4/c34-26-23(18-37-25(20-6-2-1-3-7-20)17-32(26)16-19-10-11-19)30-27(35)31-14-12-21(13-15-31)33-24-9-5-4-8-22(24)29-28(33)36/h1-9,19,21,23,25H,10-18H2,(H,29,36)(H,30,35)/t23-,25-/m1/s1. The Bertz CT molecular complexity index is 1320. The first-order chi connectivity index (χ1) is 18.1. The molecule has 9 heteroatoms. The van der Waals surface area contributed by atoms with Crippen LogP contribution in [0.25, 0.3) is 11.0 Å². The van der Waals surface area contributed by atoms with Crippen molar-refractivity contribution in [3.05, 3.63) is 70.6 Å². The number of imidazole rings is 1. The predicted molar refractivity (Wildman–Crippen MR) is 139 cm³/mol. The van der Waals surface area contributed by atoms with Gasteiger partial charge < -0.3 is 24.8 Å². The van der Waals surface area contributed by atoms with E-state index in [1.807, 2.05) is 64.1 Å². The van der Waals surface area contributed by atoms with Gasteiger partial charge in [0.15, 0.2) is 0 Å². The van der Waals surface area contributed by atoms with Crippen LogP contribution in [-0.4, -0.2) is 70.1 Å². The summed E-state index contributed by atoms with van der Waals surface area (Å²) < 4.78 is 7.99. The minimum atomic E-state index is -0.714. The van der Waals surface area contributed by atoms with Crippen molar-refractivity contribution in [1.82, 2.24) is 24.7 Å². The second kappa shape index (κ2) is 10.0. The van der Waals surface area contributed by atoms with Crippen molar-refractivity contribution in [2.24, 2.45) is 5.92 Å². The molecule has 9 nitrogen and oxygen atoms in total. The number of carbonyl (C=O) groups is 2. The average Bonchev–Trinajstić information content (AvgIpc) is 3.70. The number of likely N-dealkylation sites (tertiary alicyclic amines) is 1. The number of rotatable bonds is 5. The lowest BCUT2D eigenvalue weighted by molar-refractivity contribution is -0.132. The molecule has 3 fully saturated rings. The number of hydrogen-bond donors (Lipinski definition) is 2. The highest BCUT2D eigenvalue weighted by Crippen LogP contribution is 2.32. The molecule has 1 aromatic heterocycles. The van der Waals surface area contributed by atoms with Crippen molar-refractivity contribution in [1.29, 1.82) is 0 Å². The van der Waals surface area contributed by atoms with E-state index in [9.17, 15) is 14.4 Å². The minimum absolute atomic E-state index is 0.0243. The first-order valence-electron chi connectivity index (χ1n) is 13.3. The number of carbonyl (C=O) groups excluding carboxylic acids is 2. The number of hydrogen-bond acceptors (Lipinski definition) is 4. The van der Waals surface area contributed by atoms with E-state index in [0.717, 1.165) is 29.4 Å². The predicted octanol–water partition coefficient (Wildman–Crippen LogP) is 3.05. The molecule has 2 aromatic carbocycles. The molecule has 2 saturated heterocycles. The van der Waals surface area contributed by atoms with E-state index in [1.54, 1.807) is 4.90 Å². The highest BCUT2D eigenvalue weighted by Gasteiger charge is 2.37. The number of piperidine rings is 1. The number of H-pyrrole nitrogens is 1. The zero-order chi connectivity index (χ0) is 25.4. The zero-order valence-corrected chi connectivity index (χ0v) is 20.8. The number of amides is 3. The number of nitrogens with zero attached hydrogens (tertiary/aromatic N) is 3. The summed E-state index contributed by atoms with van der Waals surface area (Å²) in [5.41, 5.74) is 2.64. The number of ether oxygens (including phenoxy) is 1. The van der Waals surface area contributed by atoms with E-state index < -0.39 is 6.04 Å². The molecule has 3 heterocycles. The number of para-hydroxylation sites is 2. The third-order valence-corrected chi connectivity index (χ3v) is 7.85. The van der Waals surface area contributed by atoms with Crippen LogP contribution in [0.15, 0.2) is 59.4 Å². The normalized spacial score (nSPS) is 23.3. The Labute approximate surface area is 215 Å². The van der Waals surface area contributed by atoms with Gasteiger partial charge in [0.2, 0.25) is 5.91 Å². The van der Waals surface area contributed by atoms with Crippen molar-refractivity contribution in [2.45, 2.75) is 43.9 Å². The van der Waals surface area contributed by atoms with Gasteiger partial charge in [-0.05, 0) is 49.3 Å². The molecule has 2 atom stereocenters. The van der Waals surface area contributed by atoms with Gasteiger partial charge in [0, 0.05) is 25.7 Å². The monoisotopic (exact) mass is 503 g/mol. The van der Waals surface area contributed by atoms with Gasteiger partial charge in [-0.1, -0.05) is 42.5 Å². The van der Waals surface area contributed by atoms with Crippen LogP contribution in [0, 0.1) is 5.92 Å². The van der Waals surface area contributed by atoms with Crippen molar-refractivity contribution in [3.63, 3.8) is 0 Å². The summed E-state index contributed by atoms with van der Waals surface area (Å²) >= 11 is 0. The van der Waals surface area contributed by atoms with E-state index >= 15 is 0 Å². The number of aromatic nitrogens is 2. The molecule has 3 amide bonds. The highest BCUT2D eigenvalue weighted by molar-refractivity contribution is 5.87. The fourth-order valence-electron chi connectivity index (χ4n) is 5.60. The van der Waals surface area contributed by atoms with E-state index in [4.69, 9.17) is 4.74 Å². The maximum atomic E-state index is 13.4. The zero-order valence-electron chi connectivity index (χ0n) is 20.8. The molecular weight excluding hydrogens is 470 g/mol. The lowest BCUT2D eigenvalue weighted by atomic mass is 10.0. The van der Waals surface area contributed by atoms with Crippen molar-refractivity contribution >= 4 is 23.0 Å². The van der Waals surface area contributed by atoms with Gasteiger partial charge >= 0.3 is 11.7 Å². The molecule has 0 bridgehead atoms. The van der Waals surface area contributed by atoms with E-state index in [2.05, 4.69) is 10.3 Å². The van der Waals surface area contributed by atoms with Crippen molar-refractivity contribution in [2.75, 3.05) is 32.8 Å². The molecule has 3 aliphatic rings. The quantitative estimate of drug-likeness (QED) is 0.559. The molecule has 1 aliphatic carbocycles. The van der Waals surface area contributed by atoms with E-state index in [1.165, 1.54) is 0 Å². The SMILES string of the molecule is O=C(N[C@@H]1CO[C@@H](c2ccccc2)CN(CC2CC2)C1=O)N1CCC(n2c(=O)[nH]c3ccccc32)CC1. The summed E-state index contributed by atoms with van der Waals surface area (Å²) in [6, 6.07) is 16.7. The second-order valence-corrected chi connectivity index (χ2v) is 10.5. The molecule has 3 aromatic rings. The van der Waals surface area contributed by atoms with E-state index in [0.29, 0.717) is 44.9 Å². The summed E-state index contributed by atoms with van der Waals surface area (Å²) in [5, 5.41) is 2.96. The van der Waals surface area contributed by atoms with Gasteiger partial charge in [-0.3, -0.25) is 9.36 Å². The van der Waals surface area contributed by atoms with Gasteiger partial charge in [0.1, 0.15) is 12.1 Å². The molecule has 0 radical (unpaired) electrons. The van der Waals surface area contributed by atoms with Crippen LogP contribution in [0.1, 0.15) is 43.4 Å². The van der Waals surface area contributed by atoms with Crippen molar-refractivity contribution < 1.29 is 14.3 Å². The van der Waals surface area contributed by atoms with Crippen LogP contribution >= 0.6 is 0 Å². The molecule has 37 heavy (non-hydrogen) atoms. The number of nitrogens with one attached hydrogen (secondary N) is 2. The van der Waals surface area contributed by atoms with Crippen LogP contribution in [0.2, 0.25) is 0 Å². The summed E-state index contributed by atoms with van der Waals surface area (Å²) in [6.45, 7) is 2.39. The molecule has 0 unspecified atom stereocenters. The molecular formula is C28H33N5O4. The number of benzene rings is 2. The van der Waals surface area contributed by atoms with Crippen LogP contribution in [0.3, 0.4) is 0 Å². The highest BCUT2D eigenvalue weighted by atomic mass is 16.5. The fraction of sp³-hybridized carbons (Fsp3) is 0.464. The Morgan fingerprint density at radius 2 is 1.70 bits per heavy atom. The third-order valence-electron chi connectivity index (χ3n) is 7.85. The number of aromatic amines is 1. The van der Waals surface area contributed by atoms with Gasteiger partial charge in [-0.2, -0.15) is 0 Å². The maximum absolute atomic E-state index is 13.4. The molecule has 6 rings (SSSR count). The minimum Gasteiger partial charge on any atom is -0.369 e. The van der Waals surface area contributed by atoms with E-state index in [-0.39, 0.29) is 36.4 Å². The smallest absolute Gasteiger partial charge is 0.326 e. The molecule has 194 valence electrons. The molecule has 0 spiro atoms. The van der Waals surface area contributed by atoms with Crippen LogP contribution in [0.4, 0.5) is 4.79 Å². The summed E-state index contributed by atoms with van der Waals surface area (Å²) in [5.74, 6) is 0.473. The Morgan fingerprint density at radius 1 is 0.973 bits per heavy atom. The molecule has 1 saturated carbocycles. The molecule has 2 aliphatic heterocycles. The number of fused-ring (bicyclic) bond motifs is 1. The topological polar surface area (TPSA) is 99.7 Å². The van der Waals surface area contributed by atoms with Crippen molar-refractivity contribution in [3.8, 4) is 0 Å². The van der Waals surface area contributed by atoms with Crippen LogP contribution in [-0.2, 0) is 9.53 Å². The Kier molecular flexibility index (Phi) is 6.46. The summed E-state index contributed by atoms with van der Waals surface area (Å²) in [4.78, 5) is 45.8. The molecule has 2 N–H and O–H groups in total.